The fourth-order valence-electron chi connectivity index (χ4n) is 1.15. The number of hydrogen-bond acceptors (Lipinski definition) is 4. The average Bonchev–Trinajstić information content (AvgIpc) is 2.27. The van der Waals surface area contributed by atoms with Crippen LogP contribution in [0.15, 0.2) is 30.2 Å². The Morgan fingerprint density at radius 3 is 2.87 bits per heavy atom. The van der Waals surface area contributed by atoms with Gasteiger partial charge >= 0.3 is 5.97 Å². The number of fused-ring (bicyclic) bond motifs is 1. The predicted octanol–water partition coefficient (Wildman–Crippen LogP) is 1.39. The van der Waals surface area contributed by atoms with Crippen molar-refractivity contribution in [1.29, 1.82) is 0 Å². The molecule has 0 aromatic heterocycles. The van der Waals surface area contributed by atoms with Crippen LogP contribution < -0.4 is 14.2 Å². The van der Waals surface area contributed by atoms with Crippen LogP contribution in [0.4, 0.5) is 0 Å². The molecule has 0 unspecified atom stereocenters. The van der Waals surface area contributed by atoms with Crippen LogP contribution in [0.25, 0.3) is 0 Å². The molecule has 0 bridgehead atoms. The summed E-state index contributed by atoms with van der Waals surface area (Å²) in [5, 5.41) is 8.69. The summed E-state index contributed by atoms with van der Waals surface area (Å²) in [5.41, 5.74) is 0. The van der Waals surface area contributed by atoms with Crippen molar-refractivity contribution in [2.75, 3.05) is 7.11 Å². The number of ether oxygens (including phenoxy) is 3. The number of methoxy groups -OCH3 is 1. The number of hydrogen-bond donors (Lipinski definition) is 1. The molecule has 2 rings (SSSR count). The topological polar surface area (TPSA) is 65.0 Å². The highest BCUT2D eigenvalue weighted by molar-refractivity contribution is 5.85. The van der Waals surface area contributed by atoms with Crippen molar-refractivity contribution in [2.45, 2.75) is 0 Å². The molecule has 0 atom stereocenters. The van der Waals surface area contributed by atoms with E-state index in [1.54, 1.807) is 18.2 Å². The summed E-state index contributed by atoms with van der Waals surface area (Å²) in [7, 11) is 1.51. The smallest absolute Gasteiger partial charge is 0.375 e. The Hall–Kier alpha value is -2.17. The van der Waals surface area contributed by atoms with E-state index in [2.05, 4.69) is 0 Å². The Morgan fingerprint density at radius 1 is 1.40 bits per heavy atom. The minimum Gasteiger partial charge on any atom is -0.497 e. The molecule has 0 amide bonds. The molecule has 0 spiro atoms. The molecule has 1 aliphatic rings. The van der Waals surface area contributed by atoms with E-state index in [9.17, 15) is 4.79 Å². The quantitative estimate of drug-likeness (QED) is 0.795. The summed E-state index contributed by atoms with van der Waals surface area (Å²) in [6.07, 6.45) is 1.05. The first-order chi connectivity index (χ1) is 7.20. The van der Waals surface area contributed by atoms with Gasteiger partial charge in [0.25, 0.3) is 0 Å². The van der Waals surface area contributed by atoms with Gasteiger partial charge in [-0.3, -0.25) is 0 Å². The molecule has 15 heavy (non-hydrogen) atoms. The second kappa shape index (κ2) is 3.53. The summed E-state index contributed by atoms with van der Waals surface area (Å²) in [4.78, 5) is 10.6. The summed E-state index contributed by atoms with van der Waals surface area (Å²) in [6, 6.07) is 4.90. The highest BCUT2D eigenvalue weighted by atomic mass is 16.6. The van der Waals surface area contributed by atoms with Crippen molar-refractivity contribution >= 4 is 5.97 Å². The first kappa shape index (κ1) is 9.39. The van der Waals surface area contributed by atoms with E-state index in [-0.39, 0.29) is 5.76 Å². The van der Waals surface area contributed by atoms with Crippen molar-refractivity contribution in [1.82, 2.24) is 0 Å². The molecular weight excluding hydrogens is 200 g/mol. The maximum absolute atomic E-state index is 10.6. The van der Waals surface area contributed by atoms with E-state index >= 15 is 0 Å². The molecule has 78 valence electrons. The summed E-state index contributed by atoms with van der Waals surface area (Å²) < 4.78 is 15.1. The van der Waals surface area contributed by atoms with Gasteiger partial charge in [-0.15, -0.1) is 0 Å². The summed E-state index contributed by atoms with van der Waals surface area (Å²) in [6.45, 7) is 0. The molecule has 5 heteroatoms. The molecule has 0 aliphatic carbocycles. The molecule has 0 radical (unpaired) electrons. The lowest BCUT2D eigenvalue weighted by Crippen LogP contribution is -2.13. The van der Waals surface area contributed by atoms with Gasteiger partial charge in [-0.1, -0.05) is 0 Å². The zero-order valence-electron chi connectivity index (χ0n) is 7.89. The molecule has 0 saturated heterocycles. The van der Waals surface area contributed by atoms with E-state index in [0.29, 0.717) is 17.2 Å². The van der Waals surface area contributed by atoms with E-state index in [1.807, 2.05) is 0 Å². The number of carboxylic acids is 1. The molecule has 5 nitrogen and oxygen atoms in total. The first-order valence-corrected chi connectivity index (χ1v) is 4.16. The Labute approximate surface area is 85.5 Å². The molecule has 1 aromatic carbocycles. The van der Waals surface area contributed by atoms with Crippen molar-refractivity contribution in [3.05, 3.63) is 30.2 Å². The lowest BCUT2D eigenvalue weighted by molar-refractivity contribution is -0.135. The number of benzene rings is 1. The van der Waals surface area contributed by atoms with Crippen LogP contribution in [0, 0.1) is 0 Å². The molecule has 0 fully saturated rings. The van der Waals surface area contributed by atoms with Gasteiger partial charge in [0.05, 0.1) is 7.11 Å². The van der Waals surface area contributed by atoms with Gasteiger partial charge in [0.2, 0.25) is 5.76 Å². The number of aliphatic carboxylic acids is 1. The highest BCUT2D eigenvalue weighted by Crippen LogP contribution is 2.35. The number of carbonyl (C=O) groups is 1. The Kier molecular flexibility index (Phi) is 2.21. The third kappa shape index (κ3) is 1.71. The molecule has 1 N–H and O–H groups in total. The van der Waals surface area contributed by atoms with E-state index in [0.717, 1.165) is 6.26 Å². The molecule has 1 heterocycles. The van der Waals surface area contributed by atoms with Crippen LogP contribution in [0.1, 0.15) is 0 Å². The van der Waals surface area contributed by atoms with Crippen LogP contribution in [-0.2, 0) is 4.79 Å². The van der Waals surface area contributed by atoms with Crippen molar-refractivity contribution in [2.24, 2.45) is 0 Å². The largest absolute Gasteiger partial charge is 0.497 e. The predicted molar refractivity (Wildman–Crippen MR) is 50.0 cm³/mol. The maximum atomic E-state index is 10.6. The Bertz CT molecular complexity index is 435. The zero-order valence-corrected chi connectivity index (χ0v) is 7.89. The first-order valence-electron chi connectivity index (χ1n) is 4.16. The lowest BCUT2D eigenvalue weighted by Gasteiger charge is -2.16. The van der Waals surface area contributed by atoms with Gasteiger partial charge in [0.15, 0.2) is 11.5 Å². The fourth-order valence-corrected chi connectivity index (χ4v) is 1.15. The lowest BCUT2D eigenvalue weighted by atomic mass is 10.3. The van der Waals surface area contributed by atoms with Crippen LogP contribution in [0.3, 0.4) is 0 Å². The fraction of sp³-hybridized carbons (Fsp3) is 0.100. The van der Waals surface area contributed by atoms with Gasteiger partial charge in [-0.25, -0.2) is 4.79 Å². The molecule has 0 saturated carbocycles. The van der Waals surface area contributed by atoms with Gasteiger partial charge in [0.1, 0.15) is 12.0 Å². The molecular formula is C10H8O5. The van der Waals surface area contributed by atoms with Crippen molar-refractivity contribution in [3.63, 3.8) is 0 Å². The van der Waals surface area contributed by atoms with Crippen LogP contribution in [0.5, 0.6) is 17.2 Å². The van der Waals surface area contributed by atoms with Crippen LogP contribution in [-0.4, -0.2) is 18.2 Å². The molecule has 1 aliphatic heterocycles. The standard InChI is InChI=1S/C10H8O5/c1-13-6-2-3-7-8(4-6)15-9(5-14-7)10(11)12/h2-5H,1H3,(H,11,12). The van der Waals surface area contributed by atoms with Gasteiger partial charge in [-0.05, 0) is 12.1 Å². The van der Waals surface area contributed by atoms with Crippen molar-refractivity contribution < 1.29 is 24.1 Å². The highest BCUT2D eigenvalue weighted by Gasteiger charge is 2.19. The van der Waals surface area contributed by atoms with Crippen LogP contribution >= 0.6 is 0 Å². The SMILES string of the molecule is COc1ccc2c(c1)OC(C(=O)O)=CO2. The van der Waals surface area contributed by atoms with Crippen molar-refractivity contribution in [3.8, 4) is 17.2 Å². The van der Waals surface area contributed by atoms with Gasteiger partial charge in [-0.2, -0.15) is 0 Å². The zero-order chi connectivity index (χ0) is 10.8. The summed E-state index contributed by atoms with van der Waals surface area (Å²) >= 11 is 0. The molecule has 1 aromatic rings. The average molecular weight is 208 g/mol. The van der Waals surface area contributed by atoms with Gasteiger partial charge in [0, 0.05) is 6.07 Å². The van der Waals surface area contributed by atoms with Gasteiger partial charge < -0.3 is 19.3 Å². The summed E-state index contributed by atoms with van der Waals surface area (Å²) in [5.74, 6) is -0.0711. The minimum atomic E-state index is -1.18. The van der Waals surface area contributed by atoms with E-state index in [1.165, 1.54) is 7.11 Å². The normalized spacial score (nSPS) is 13.0. The van der Waals surface area contributed by atoms with Crippen LogP contribution in [0.2, 0.25) is 0 Å². The van der Waals surface area contributed by atoms with E-state index in [4.69, 9.17) is 19.3 Å². The third-order valence-corrected chi connectivity index (χ3v) is 1.87. The van der Waals surface area contributed by atoms with E-state index < -0.39 is 5.97 Å². The maximum Gasteiger partial charge on any atom is 0.375 e. The second-order valence-corrected chi connectivity index (χ2v) is 2.82. The Balaban J connectivity index is 2.32. The monoisotopic (exact) mass is 208 g/mol. The Morgan fingerprint density at radius 2 is 2.20 bits per heavy atom. The second-order valence-electron chi connectivity index (χ2n) is 2.82. The third-order valence-electron chi connectivity index (χ3n) is 1.87. The minimum absolute atomic E-state index is 0.254. The number of rotatable bonds is 2. The number of carboxylic acid groups (broad SMARTS) is 1.